The molecule has 0 aliphatic heterocycles. The molecule has 2 aromatic carbocycles. The van der Waals surface area contributed by atoms with Crippen LogP contribution in [0.25, 0.3) is 0 Å². The van der Waals surface area contributed by atoms with Crippen molar-refractivity contribution >= 4 is 11.8 Å². The third kappa shape index (κ3) is 4.29. The quantitative estimate of drug-likeness (QED) is 0.646. The first-order valence-electron chi connectivity index (χ1n) is 6.81. The number of hydrogen-bond acceptors (Lipinski definition) is 3. The SMILES string of the molecule is Cc1ccc(SCCOc2cccc(CN)c2)cc1C. The van der Waals surface area contributed by atoms with E-state index in [1.54, 1.807) is 0 Å². The van der Waals surface area contributed by atoms with Crippen LogP contribution in [0.2, 0.25) is 0 Å². The van der Waals surface area contributed by atoms with Crippen molar-refractivity contribution in [3.63, 3.8) is 0 Å². The van der Waals surface area contributed by atoms with Crippen LogP contribution in [0.4, 0.5) is 0 Å². The van der Waals surface area contributed by atoms with E-state index < -0.39 is 0 Å². The molecule has 2 rings (SSSR count). The molecule has 0 atom stereocenters. The van der Waals surface area contributed by atoms with Gasteiger partial charge in [0.05, 0.1) is 6.61 Å². The number of thioether (sulfide) groups is 1. The zero-order valence-corrected chi connectivity index (χ0v) is 12.9. The van der Waals surface area contributed by atoms with Gasteiger partial charge in [-0.1, -0.05) is 18.2 Å². The molecule has 2 nitrogen and oxygen atoms in total. The molecule has 2 N–H and O–H groups in total. The standard InChI is InChI=1S/C17H21NOS/c1-13-6-7-17(10-14(13)2)20-9-8-19-16-5-3-4-15(11-16)12-18/h3-7,10-11H,8-9,12,18H2,1-2H3. The van der Waals surface area contributed by atoms with Gasteiger partial charge in [0.25, 0.3) is 0 Å². The van der Waals surface area contributed by atoms with E-state index in [1.165, 1.54) is 16.0 Å². The van der Waals surface area contributed by atoms with Gasteiger partial charge in [0.2, 0.25) is 0 Å². The third-order valence-corrected chi connectivity index (χ3v) is 4.19. The van der Waals surface area contributed by atoms with Crippen LogP contribution in [0.3, 0.4) is 0 Å². The molecular formula is C17H21NOS. The molecule has 0 radical (unpaired) electrons. The highest BCUT2D eigenvalue weighted by Crippen LogP contribution is 2.21. The van der Waals surface area contributed by atoms with Crippen molar-refractivity contribution in [2.24, 2.45) is 5.73 Å². The molecule has 2 aromatic rings. The van der Waals surface area contributed by atoms with Gasteiger partial charge in [-0.25, -0.2) is 0 Å². The van der Waals surface area contributed by atoms with Gasteiger partial charge in [-0.3, -0.25) is 0 Å². The van der Waals surface area contributed by atoms with Crippen molar-refractivity contribution in [1.82, 2.24) is 0 Å². The predicted octanol–water partition coefficient (Wildman–Crippen LogP) is 3.93. The van der Waals surface area contributed by atoms with Gasteiger partial charge in [-0.15, -0.1) is 11.8 Å². The highest BCUT2D eigenvalue weighted by Gasteiger charge is 1.99. The highest BCUT2D eigenvalue weighted by molar-refractivity contribution is 7.99. The molecule has 0 heterocycles. The van der Waals surface area contributed by atoms with Gasteiger partial charge in [0.15, 0.2) is 0 Å². The summed E-state index contributed by atoms with van der Waals surface area (Å²) in [4.78, 5) is 1.30. The minimum atomic E-state index is 0.550. The van der Waals surface area contributed by atoms with Crippen LogP contribution in [-0.4, -0.2) is 12.4 Å². The second-order valence-corrected chi connectivity index (χ2v) is 5.96. The van der Waals surface area contributed by atoms with E-state index in [0.717, 1.165) is 17.1 Å². The van der Waals surface area contributed by atoms with E-state index in [9.17, 15) is 0 Å². The summed E-state index contributed by atoms with van der Waals surface area (Å²) in [5.74, 6) is 1.84. The molecule has 0 saturated carbocycles. The summed E-state index contributed by atoms with van der Waals surface area (Å²) in [6.45, 7) is 5.53. The van der Waals surface area contributed by atoms with Crippen LogP contribution in [0.5, 0.6) is 5.75 Å². The fraction of sp³-hybridized carbons (Fsp3) is 0.294. The molecule has 0 amide bonds. The van der Waals surface area contributed by atoms with Crippen LogP contribution in [0.1, 0.15) is 16.7 Å². The van der Waals surface area contributed by atoms with Gasteiger partial charge in [-0.2, -0.15) is 0 Å². The maximum Gasteiger partial charge on any atom is 0.119 e. The Labute approximate surface area is 125 Å². The fourth-order valence-corrected chi connectivity index (χ4v) is 2.71. The Hall–Kier alpha value is -1.45. The Morgan fingerprint density at radius 3 is 2.65 bits per heavy atom. The van der Waals surface area contributed by atoms with Crippen LogP contribution < -0.4 is 10.5 Å². The summed E-state index contributed by atoms with van der Waals surface area (Å²) < 4.78 is 5.75. The molecule has 0 saturated heterocycles. The normalized spacial score (nSPS) is 10.6. The maximum atomic E-state index is 5.75. The lowest BCUT2D eigenvalue weighted by Crippen LogP contribution is -2.01. The predicted molar refractivity (Wildman–Crippen MR) is 86.5 cm³/mol. The second-order valence-electron chi connectivity index (χ2n) is 4.79. The monoisotopic (exact) mass is 287 g/mol. The fourth-order valence-electron chi connectivity index (χ4n) is 1.88. The van der Waals surface area contributed by atoms with Crippen molar-refractivity contribution in [3.05, 3.63) is 59.2 Å². The molecular weight excluding hydrogens is 266 g/mol. The van der Waals surface area contributed by atoms with Gasteiger partial charge >= 0.3 is 0 Å². The van der Waals surface area contributed by atoms with E-state index in [1.807, 2.05) is 36.0 Å². The van der Waals surface area contributed by atoms with Gasteiger partial charge in [0.1, 0.15) is 5.75 Å². The van der Waals surface area contributed by atoms with E-state index in [-0.39, 0.29) is 0 Å². The number of benzene rings is 2. The van der Waals surface area contributed by atoms with Crippen LogP contribution in [0.15, 0.2) is 47.4 Å². The first-order valence-corrected chi connectivity index (χ1v) is 7.79. The maximum absolute atomic E-state index is 5.75. The van der Waals surface area contributed by atoms with E-state index in [0.29, 0.717) is 13.2 Å². The molecule has 20 heavy (non-hydrogen) atoms. The van der Waals surface area contributed by atoms with Crippen LogP contribution in [-0.2, 0) is 6.54 Å². The van der Waals surface area contributed by atoms with Crippen molar-refractivity contribution in [2.75, 3.05) is 12.4 Å². The molecule has 0 bridgehead atoms. The molecule has 0 aliphatic carbocycles. The summed E-state index contributed by atoms with van der Waals surface area (Å²) in [5, 5.41) is 0. The minimum absolute atomic E-state index is 0.550. The Morgan fingerprint density at radius 2 is 1.90 bits per heavy atom. The zero-order chi connectivity index (χ0) is 14.4. The number of aryl methyl sites for hydroxylation is 2. The summed E-state index contributed by atoms with van der Waals surface area (Å²) in [5.41, 5.74) is 9.39. The topological polar surface area (TPSA) is 35.2 Å². The number of ether oxygens (including phenoxy) is 1. The number of nitrogens with two attached hydrogens (primary N) is 1. The molecule has 106 valence electrons. The largest absolute Gasteiger partial charge is 0.493 e. The van der Waals surface area contributed by atoms with Crippen molar-refractivity contribution in [2.45, 2.75) is 25.3 Å². The Balaban J connectivity index is 1.79. The van der Waals surface area contributed by atoms with Gasteiger partial charge < -0.3 is 10.5 Å². The summed E-state index contributed by atoms with van der Waals surface area (Å²) in [6, 6.07) is 14.5. The second kappa shape index (κ2) is 7.36. The first kappa shape index (κ1) is 14.9. The summed E-state index contributed by atoms with van der Waals surface area (Å²) in [7, 11) is 0. The van der Waals surface area contributed by atoms with Gasteiger partial charge in [0, 0.05) is 17.2 Å². The average molecular weight is 287 g/mol. The number of hydrogen-bond donors (Lipinski definition) is 1. The smallest absolute Gasteiger partial charge is 0.119 e. The Kier molecular flexibility index (Phi) is 5.50. The molecule has 0 unspecified atom stereocenters. The minimum Gasteiger partial charge on any atom is -0.493 e. The van der Waals surface area contributed by atoms with Crippen molar-refractivity contribution in [1.29, 1.82) is 0 Å². The third-order valence-electron chi connectivity index (χ3n) is 3.23. The molecule has 0 aromatic heterocycles. The molecule has 3 heteroatoms. The zero-order valence-electron chi connectivity index (χ0n) is 12.1. The summed E-state index contributed by atoms with van der Waals surface area (Å²) in [6.07, 6.45) is 0. The lowest BCUT2D eigenvalue weighted by molar-refractivity contribution is 0.343. The molecule has 0 fully saturated rings. The molecule has 0 spiro atoms. The van der Waals surface area contributed by atoms with Crippen LogP contribution >= 0.6 is 11.8 Å². The van der Waals surface area contributed by atoms with Crippen molar-refractivity contribution in [3.8, 4) is 5.75 Å². The summed E-state index contributed by atoms with van der Waals surface area (Å²) >= 11 is 1.82. The molecule has 0 aliphatic rings. The Bertz CT molecular complexity index is 569. The number of rotatable bonds is 6. The Morgan fingerprint density at radius 1 is 1.05 bits per heavy atom. The first-order chi connectivity index (χ1) is 9.69. The highest BCUT2D eigenvalue weighted by atomic mass is 32.2. The van der Waals surface area contributed by atoms with E-state index >= 15 is 0 Å². The average Bonchev–Trinajstić information content (AvgIpc) is 2.47. The van der Waals surface area contributed by atoms with Crippen LogP contribution in [0, 0.1) is 13.8 Å². The van der Waals surface area contributed by atoms with Crippen molar-refractivity contribution < 1.29 is 4.74 Å². The van der Waals surface area contributed by atoms with E-state index in [2.05, 4.69) is 32.0 Å². The van der Waals surface area contributed by atoms with Gasteiger partial charge in [-0.05, 0) is 54.8 Å². The lowest BCUT2D eigenvalue weighted by Gasteiger charge is -2.08. The lowest BCUT2D eigenvalue weighted by atomic mass is 10.1. The van der Waals surface area contributed by atoms with E-state index in [4.69, 9.17) is 10.5 Å².